The van der Waals surface area contributed by atoms with Gasteiger partial charge in [-0.2, -0.15) is 0 Å². The minimum absolute atomic E-state index is 0.254. The first-order chi connectivity index (χ1) is 16.6. The summed E-state index contributed by atoms with van der Waals surface area (Å²) in [4.78, 5) is 16.6. The number of carbonyl (C=O) groups is 1. The van der Waals surface area contributed by atoms with Gasteiger partial charge in [0.15, 0.2) is 0 Å². The van der Waals surface area contributed by atoms with Gasteiger partial charge in [0.25, 0.3) is 0 Å². The van der Waals surface area contributed by atoms with Crippen molar-refractivity contribution >= 4 is 17.1 Å². The summed E-state index contributed by atoms with van der Waals surface area (Å²) in [6.45, 7) is 10.7. The van der Waals surface area contributed by atoms with Crippen LogP contribution in [0.15, 0.2) is 60.8 Å². The molecule has 182 valence electrons. The molecule has 0 spiro atoms. The van der Waals surface area contributed by atoms with Crippen molar-refractivity contribution in [3.63, 3.8) is 0 Å². The van der Waals surface area contributed by atoms with Crippen molar-refractivity contribution < 1.29 is 13.9 Å². The van der Waals surface area contributed by atoms with E-state index in [1.165, 1.54) is 23.3 Å². The summed E-state index contributed by atoms with van der Waals surface area (Å²) in [6, 6.07) is 16.9. The zero-order valence-electron chi connectivity index (χ0n) is 20.9. The molecule has 6 heteroatoms. The van der Waals surface area contributed by atoms with E-state index in [9.17, 15) is 9.18 Å². The van der Waals surface area contributed by atoms with Crippen LogP contribution in [0.25, 0.3) is 11.0 Å². The lowest BCUT2D eigenvalue weighted by Crippen LogP contribution is -2.38. The fourth-order valence-electron chi connectivity index (χ4n) is 4.96. The highest BCUT2D eigenvalue weighted by molar-refractivity contribution is 5.85. The van der Waals surface area contributed by atoms with Gasteiger partial charge in [-0.1, -0.05) is 42.0 Å². The maximum absolute atomic E-state index is 13.6. The Balaban J connectivity index is 1.91. The van der Waals surface area contributed by atoms with Crippen LogP contribution in [0, 0.1) is 26.6 Å². The maximum atomic E-state index is 13.6. The van der Waals surface area contributed by atoms with E-state index in [1.807, 2.05) is 19.9 Å². The number of aryl methyl sites for hydroxylation is 2. The topological polar surface area (TPSA) is 70.1 Å². The SMILES string of the molecule is Cc1cccc(Cn2c(C)c(C)c3nccc(C(Cc4ccc(F)cc4)C(C)(C)OC(N)=O)c32)c1. The highest BCUT2D eigenvalue weighted by atomic mass is 19.1. The van der Waals surface area contributed by atoms with Crippen LogP contribution >= 0.6 is 0 Å². The minimum atomic E-state index is -0.922. The molecule has 1 atom stereocenters. The highest BCUT2D eigenvalue weighted by Crippen LogP contribution is 2.39. The van der Waals surface area contributed by atoms with Gasteiger partial charge in [-0.05, 0) is 81.5 Å². The average molecular weight is 474 g/mol. The number of ether oxygens (including phenoxy) is 1. The summed E-state index contributed by atoms with van der Waals surface area (Å²) in [5, 5.41) is 0. The predicted molar refractivity (Wildman–Crippen MR) is 137 cm³/mol. The molecular formula is C29H32FN3O2. The third-order valence-corrected chi connectivity index (χ3v) is 6.88. The molecule has 2 heterocycles. The van der Waals surface area contributed by atoms with Crippen molar-refractivity contribution in [1.29, 1.82) is 0 Å². The first-order valence-electron chi connectivity index (χ1n) is 11.8. The number of aromatic nitrogens is 2. The number of primary amides is 1. The van der Waals surface area contributed by atoms with Crippen LogP contribution in [0.4, 0.5) is 9.18 Å². The summed E-state index contributed by atoms with van der Waals surface area (Å²) in [6.07, 6.45) is 1.51. The highest BCUT2D eigenvalue weighted by Gasteiger charge is 2.36. The molecule has 5 nitrogen and oxygen atoms in total. The Morgan fingerprint density at radius 2 is 1.80 bits per heavy atom. The Morgan fingerprint density at radius 3 is 2.46 bits per heavy atom. The molecule has 1 unspecified atom stereocenters. The lowest BCUT2D eigenvalue weighted by molar-refractivity contribution is 0.0239. The quantitative estimate of drug-likeness (QED) is 0.340. The first-order valence-corrected chi connectivity index (χ1v) is 11.8. The van der Waals surface area contributed by atoms with Crippen LogP contribution in [-0.4, -0.2) is 21.2 Å². The minimum Gasteiger partial charge on any atom is -0.443 e. The number of rotatable bonds is 7. The van der Waals surface area contributed by atoms with Gasteiger partial charge in [0.2, 0.25) is 0 Å². The average Bonchev–Trinajstić information content (AvgIpc) is 3.03. The second kappa shape index (κ2) is 9.53. The van der Waals surface area contributed by atoms with Gasteiger partial charge in [0.05, 0.1) is 11.0 Å². The molecule has 2 aromatic heterocycles. The number of benzene rings is 2. The van der Waals surface area contributed by atoms with Crippen molar-refractivity contribution in [3.8, 4) is 0 Å². The van der Waals surface area contributed by atoms with Gasteiger partial charge in [-0.3, -0.25) is 4.98 Å². The number of hydrogen-bond acceptors (Lipinski definition) is 3. The van der Waals surface area contributed by atoms with E-state index < -0.39 is 11.7 Å². The van der Waals surface area contributed by atoms with Crippen molar-refractivity contribution in [1.82, 2.24) is 9.55 Å². The molecule has 4 aromatic rings. The van der Waals surface area contributed by atoms with Crippen LogP contribution in [0.1, 0.15) is 53.3 Å². The summed E-state index contributed by atoms with van der Waals surface area (Å²) < 4.78 is 21.5. The third-order valence-electron chi connectivity index (χ3n) is 6.88. The molecule has 0 bridgehead atoms. The molecule has 0 radical (unpaired) electrons. The Bertz CT molecular complexity index is 1370. The molecule has 35 heavy (non-hydrogen) atoms. The van der Waals surface area contributed by atoms with Gasteiger partial charge in [0, 0.05) is 24.4 Å². The lowest BCUT2D eigenvalue weighted by Gasteiger charge is -2.34. The molecule has 0 aliphatic carbocycles. The van der Waals surface area contributed by atoms with Crippen molar-refractivity contribution in [2.24, 2.45) is 5.73 Å². The maximum Gasteiger partial charge on any atom is 0.405 e. The molecule has 4 rings (SSSR count). The van der Waals surface area contributed by atoms with E-state index in [-0.39, 0.29) is 11.7 Å². The fraction of sp³-hybridized carbons (Fsp3) is 0.310. The normalized spacial score (nSPS) is 12.6. The monoisotopic (exact) mass is 473 g/mol. The van der Waals surface area contributed by atoms with E-state index in [4.69, 9.17) is 15.5 Å². The molecule has 2 N–H and O–H groups in total. The van der Waals surface area contributed by atoms with E-state index >= 15 is 0 Å². The van der Waals surface area contributed by atoms with E-state index in [1.54, 1.807) is 18.3 Å². The molecule has 1 amide bonds. The Morgan fingerprint density at radius 1 is 1.09 bits per heavy atom. The summed E-state index contributed by atoms with van der Waals surface area (Å²) in [7, 11) is 0. The predicted octanol–water partition coefficient (Wildman–Crippen LogP) is 6.35. The molecule has 2 aromatic carbocycles. The Kier molecular flexibility index (Phi) is 6.66. The second-order valence-electron chi connectivity index (χ2n) is 9.79. The van der Waals surface area contributed by atoms with Crippen LogP contribution in [-0.2, 0) is 17.7 Å². The number of amides is 1. The third kappa shape index (κ3) is 5.06. The van der Waals surface area contributed by atoms with Crippen molar-refractivity contribution in [2.45, 2.75) is 59.1 Å². The van der Waals surface area contributed by atoms with Gasteiger partial charge < -0.3 is 15.0 Å². The zero-order valence-corrected chi connectivity index (χ0v) is 20.9. The number of carbonyl (C=O) groups excluding carboxylic acids is 1. The second-order valence-corrected chi connectivity index (χ2v) is 9.79. The zero-order chi connectivity index (χ0) is 25.3. The summed E-state index contributed by atoms with van der Waals surface area (Å²) >= 11 is 0. The van der Waals surface area contributed by atoms with E-state index in [0.717, 1.165) is 33.4 Å². The van der Waals surface area contributed by atoms with Crippen LogP contribution in [0.2, 0.25) is 0 Å². The molecule has 0 aliphatic heterocycles. The van der Waals surface area contributed by atoms with Gasteiger partial charge >= 0.3 is 6.09 Å². The van der Waals surface area contributed by atoms with Gasteiger partial charge in [-0.15, -0.1) is 0 Å². The number of nitrogens with zero attached hydrogens (tertiary/aromatic N) is 2. The molecule has 0 aliphatic rings. The fourth-order valence-corrected chi connectivity index (χ4v) is 4.96. The number of nitrogens with two attached hydrogens (primary N) is 1. The smallest absolute Gasteiger partial charge is 0.405 e. The van der Waals surface area contributed by atoms with Gasteiger partial charge in [0.1, 0.15) is 11.4 Å². The van der Waals surface area contributed by atoms with Crippen molar-refractivity contribution in [3.05, 3.63) is 100 Å². The largest absolute Gasteiger partial charge is 0.443 e. The molecule has 0 saturated heterocycles. The lowest BCUT2D eigenvalue weighted by atomic mass is 9.79. The summed E-state index contributed by atoms with van der Waals surface area (Å²) in [5.74, 6) is -0.543. The van der Waals surface area contributed by atoms with Crippen LogP contribution in [0.3, 0.4) is 0 Å². The first kappa shape index (κ1) is 24.5. The Labute approximate surface area is 205 Å². The van der Waals surface area contributed by atoms with Crippen molar-refractivity contribution in [2.75, 3.05) is 0 Å². The number of hydrogen-bond donors (Lipinski definition) is 1. The standard InChI is InChI=1S/C29H32FN3O2/c1-18-7-6-8-22(15-18)17-33-20(3)19(2)26-27(33)24(13-14-32-26)25(29(4,5)35-28(31)34)16-21-9-11-23(30)12-10-21/h6-15,25H,16-17H2,1-5H3,(H2,31,34). The molecule has 0 fully saturated rings. The van der Waals surface area contributed by atoms with E-state index in [0.29, 0.717) is 13.0 Å². The number of fused-ring (bicyclic) bond motifs is 1. The number of halogens is 1. The Hall–Kier alpha value is -3.67. The van der Waals surface area contributed by atoms with E-state index in [2.05, 4.69) is 49.6 Å². The van der Waals surface area contributed by atoms with Gasteiger partial charge in [-0.25, -0.2) is 9.18 Å². The molecular weight excluding hydrogens is 441 g/mol. The number of pyridine rings is 1. The summed E-state index contributed by atoms with van der Waals surface area (Å²) in [5.41, 5.74) is 13.1. The van der Waals surface area contributed by atoms with Crippen LogP contribution in [0.5, 0.6) is 0 Å². The molecule has 0 saturated carbocycles. The van der Waals surface area contributed by atoms with Crippen LogP contribution < -0.4 is 5.73 Å².